The minimum absolute atomic E-state index is 0.0777. The summed E-state index contributed by atoms with van der Waals surface area (Å²) in [7, 11) is 2.08. The molecule has 1 unspecified atom stereocenters. The molecule has 0 spiro atoms. The number of nitrogens with one attached hydrogen (secondary N) is 1. The van der Waals surface area contributed by atoms with Crippen molar-refractivity contribution in [3.8, 4) is 0 Å². The Morgan fingerprint density at radius 2 is 2.06 bits per heavy atom. The molecule has 1 atom stereocenters. The quantitative estimate of drug-likeness (QED) is 0.879. The summed E-state index contributed by atoms with van der Waals surface area (Å²) in [4.78, 5) is 4.85. The van der Waals surface area contributed by atoms with Crippen LogP contribution in [0.3, 0.4) is 0 Å². The van der Waals surface area contributed by atoms with Gasteiger partial charge in [0.25, 0.3) is 0 Å². The molecule has 0 aromatic carbocycles. The van der Waals surface area contributed by atoms with Crippen molar-refractivity contribution < 1.29 is 0 Å². The highest BCUT2D eigenvalue weighted by Crippen LogP contribution is 2.41. The van der Waals surface area contributed by atoms with Crippen LogP contribution < -0.4 is 5.32 Å². The van der Waals surface area contributed by atoms with Crippen molar-refractivity contribution in [1.29, 1.82) is 0 Å². The number of nitrogens with zero attached hydrogens (tertiary/aromatic N) is 1. The van der Waals surface area contributed by atoms with Crippen LogP contribution in [0, 0.1) is 5.92 Å². The first-order valence-corrected chi connectivity index (χ1v) is 7.60. The SMILES string of the molecule is CNC(C)(c1nc(C(C)C)cs1)C1CCCC1. The maximum absolute atomic E-state index is 4.85. The molecule has 1 saturated carbocycles. The predicted molar refractivity (Wildman–Crippen MR) is 74.6 cm³/mol. The highest BCUT2D eigenvalue weighted by Gasteiger charge is 2.38. The van der Waals surface area contributed by atoms with E-state index in [4.69, 9.17) is 4.98 Å². The van der Waals surface area contributed by atoms with Crippen molar-refractivity contribution >= 4 is 11.3 Å². The first kappa shape index (κ1) is 13.0. The molecular weight excluding hydrogens is 228 g/mol. The molecule has 0 amide bonds. The fourth-order valence-corrected chi connectivity index (χ4v) is 4.01. The minimum Gasteiger partial charge on any atom is -0.308 e. The zero-order chi connectivity index (χ0) is 12.5. The number of aromatic nitrogens is 1. The lowest BCUT2D eigenvalue weighted by atomic mass is 9.85. The molecule has 3 heteroatoms. The summed E-state index contributed by atoms with van der Waals surface area (Å²) >= 11 is 1.82. The van der Waals surface area contributed by atoms with Gasteiger partial charge in [0.15, 0.2) is 0 Å². The highest BCUT2D eigenvalue weighted by molar-refractivity contribution is 7.09. The maximum atomic E-state index is 4.85. The van der Waals surface area contributed by atoms with Crippen LogP contribution in [0.1, 0.15) is 63.1 Å². The number of hydrogen-bond acceptors (Lipinski definition) is 3. The summed E-state index contributed by atoms with van der Waals surface area (Å²) in [6, 6.07) is 0. The molecule has 1 fully saturated rings. The smallest absolute Gasteiger partial charge is 0.113 e. The third-order valence-corrected chi connectivity index (χ3v) is 5.35. The van der Waals surface area contributed by atoms with E-state index in [1.807, 2.05) is 11.3 Å². The van der Waals surface area contributed by atoms with Crippen LogP contribution in [0.5, 0.6) is 0 Å². The van der Waals surface area contributed by atoms with Gasteiger partial charge in [-0.05, 0) is 38.6 Å². The van der Waals surface area contributed by atoms with Crippen molar-refractivity contribution in [1.82, 2.24) is 10.3 Å². The van der Waals surface area contributed by atoms with Crippen molar-refractivity contribution in [2.24, 2.45) is 5.92 Å². The van der Waals surface area contributed by atoms with E-state index in [0.717, 1.165) is 5.92 Å². The van der Waals surface area contributed by atoms with Crippen LogP contribution in [0.4, 0.5) is 0 Å². The molecule has 1 heterocycles. The molecular formula is C14H24N2S. The van der Waals surface area contributed by atoms with Crippen molar-refractivity contribution in [3.05, 3.63) is 16.1 Å². The van der Waals surface area contributed by atoms with Gasteiger partial charge in [0, 0.05) is 5.38 Å². The van der Waals surface area contributed by atoms with E-state index in [-0.39, 0.29) is 5.54 Å². The van der Waals surface area contributed by atoms with Gasteiger partial charge in [0.1, 0.15) is 5.01 Å². The number of thiazole rings is 1. The van der Waals surface area contributed by atoms with Crippen LogP contribution in [0.25, 0.3) is 0 Å². The van der Waals surface area contributed by atoms with E-state index in [1.165, 1.54) is 36.4 Å². The van der Waals surface area contributed by atoms with E-state index in [1.54, 1.807) is 0 Å². The molecule has 2 rings (SSSR count). The van der Waals surface area contributed by atoms with Gasteiger partial charge in [-0.1, -0.05) is 26.7 Å². The molecule has 0 aliphatic heterocycles. The van der Waals surface area contributed by atoms with Gasteiger partial charge in [-0.25, -0.2) is 4.98 Å². The molecule has 0 saturated heterocycles. The largest absolute Gasteiger partial charge is 0.308 e. The lowest BCUT2D eigenvalue weighted by Gasteiger charge is -2.33. The summed E-state index contributed by atoms with van der Waals surface area (Å²) in [5.74, 6) is 1.28. The van der Waals surface area contributed by atoms with Crippen molar-refractivity contribution in [2.75, 3.05) is 7.05 Å². The molecule has 2 nitrogen and oxygen atoms in total. The lowest BCUT2D eigenvalue weighted by molar-refractivity contribution is 0.251. The first-order valence-electron chi connectivity index (χ1n) is 6.72. The van der Waals surface area contributed by atoms with Crippen molar-refractivity contribution in [2.45, 2.75) is 57.9 Å². The molecule has 1 aromatic heterocycles. The lowest BCUT2D eigenvalue weighted by Crippen LogP contribution is -2.43. The predicted octanol–water partition coefficient (Wildman–Crippen LogP) is 3.89. The Balaban J connectivity index is 2.26. The van der Waals surface area contributed by atoms with E-state index in [0.29, 0.717) is 5.92 Å². The van der Waals surface area contributed by atoms with E-state index in [9.17, 15) is 0 Å². The highest BCUT2D eigenvalue weighted by atomic mass is 32.1. The fourth-order valence-electron chi connectivity index (χ4n) is 2.78. The Hall–Kier alpha value is -0.410. The normalized spacial score (nSPS) is 21.0. The summed E-state index contributed by atoms with van der Waals surface area (Å²) in [6.07, 6.45) is 5.44. The summed E-state index contributed by atoms with van der Waals surface area (Å²) in [5.41, 5.74) is 1.32. The van der Waals surface area contributed by atoms with Gasteiger partial charge in [-0.3, -0.25) is 0 Å². The molecule has 0 bridgehead atoms. The van der Waals surface area contributed by atoms with Crippen LogP contribution in [0.2, 0.25) is 0 Å². The van der Waals surface area contributed by atoms with Gasteiger partial charge in [-0.2, -0.15) is 0 Å². The second-order valence-corrected chi connectivity index (χ2v) is 6.52. The third kappa shape index (κ3) is 2.41. The van der Waals surface area contributed by atoms with Gasteiger partial charge < -0.3 is 5.32 Å². The van der Waals surface area contributed by atoms with Crippen LogP contribution in [-0.4, -0.2) is 12.0 Å². The maximum Gasteiger partial charge on any atom is 0.113 e. The zero-order valence-electron chi connectivity index (χ0n) is 11.4. The molecule has 1 aliphatic carbocycles. The average molecular weight is 252 g/mol. The molecule has 96 valence electrons. The van der Waals surface area contributed by atoms with Crippen LogP contribution in [0.15, 0.2) is 5.38 Å². The minimum atomic E-state index is 0.0777. The summed E-state index contributed by atoms with van der Waals surface area (Å²) in [6.45, 7) is 6.75. The molecule has 0 radical (unpaired) electrons. The van der Waals surface area contributed by atoms with Crippen molar-refractivity contribution in [3.63, 3.8) is 0 Å². The second kappa shape index (κ2) is 5.07. The Bertz CT molecular complexity index is 366. The monoisotopic (exact) mass is 252 g/mol. The van der Waals surface area contributed by atoms with Gasteiger partial charge >= 0.3 is 0 Å². The van der Waals surface area contributed by atoms with Gasteiger partial charge in [0.2, 0.25) is 0 Å². The van der Waals surface area contributed by atoms with Gasteiger partial charge in [0.05, 0.1) is 11.2 Å². The Labute approximate surface area is 109 Å². The van der Waals surface area contributed by atoms with Crippen LogP contribution >= 0.6 is 11.3 Å². The molecule has 1 N–H and O–H groups in total. The standard InChI is InChI=1S/C14H24N2S/c1-10(2)12-9-17-13(16-12)14(3,15-4)11-7-5-6-8-11/h9-11,15H,5-8H2,1-4H3. The molecule has 1 aliphatic rings. The zero-order valence-corrected chi connectivity index (χ0v) is 12.2. The summed E-state index contributed by atoms with van der Waals surface area (Å²) < 4.78 is 0. The second-order valence-electron chi connectivity index (χ2n) is 5.67. The fraction of sp³-hybridized carbons (Fsp3) is 0.786. The Morgan fingerprint density at radius 1 is 1.41 bits per heavy atom. The molecule has 1 aromatic rings. The Morgan fingerprint density at radius 3 is 2.53 bits per heavy atom. The summed E-state index contributed by atoms with van der Waals surface area (Å²) in [5, 5.41) is 7.04. The topological polar surface area (TPSA) is 24.9 Å². The number of hydrogen-bond donors (Lipinski definition) is 1. The molecule has 17 heavy (non-hydrogen) atoms. The van der Waals surface area contributed by atoms with E-state index < -0.39 is 0 Å². The Kier molecular flexibility index (Phi) is 3.88. The van der Waals surface area contributed by atoms with Crippen LogP contribution in [-0.2, 0) is 5.54 Å². The van der Waals surface area contributed by atoms with Gasteiger partial charge in [-0.15, -0.1) is 11.3 Å². The first-order chi connectivity index (χ1) is 8.08. The third-order valence-electron chi connectivity index (χ3n) is 4.25. The van der Waals surface area contributed by atoms with E-state index >= 15 is 0 Å². The van der Waals surface area contributed by atoms with E-state index in [2.05, 4.69) is 38.5 Å². The number of rotatable bonds is 4. The average Bonchev–Trinajstić information content (AvgIpc) is 2.98.